The number of thiol groups is 1. The summed E-state index contributed by atoms with van der Waals surface area (Å²) in [6.07, 6.45) is 0.960. The number of benzene rings is 2. The summed E-state index contributed by atoms with van der Waals surface area (Å²) < 4.78 is 0. The number of carboxylic acid groups (broad SMARTS) is 1. The first kappa shape index (κ1) is 25.0. The minimum absolute atomic E-state index is 0.134. The van der Waals surface area contributed by atoms with Crippen LogP contribution < -0.4 is 10.6 Å². The van der Waals surface area contributed by atoms with Crippen molar-refractivity contribution in [3.05, 3.63) is 69.7 Å². The highest BCUT2D eigenvalue weighted by atomic mass is 35.5. The van der Waals surface area contributed by atoms with Crippen LogP contribution in [0.2, 0.25) is 10.0 Å². The number of amides is 2. The second kappa shape index (κ2) is 12.6. The van der Waals surface area contributed by atoms with Crippen molar-refractivity contribution in [3.8, 4) is 0 Å². The van der Waals surface area contributed by atoms with E-state index in [1.165, 1.54) is 0 Å². The Hall–Kier alpha value is -2.22. The number of carbonyl (C=O) groups excluding carboxylic acids is 2. The Morgan fingerprint density at radius 2 is 1.65 bits per heavy atom. The van der Waals surface area contributed by atoms with Crippen molar-refractivity contribution in [2.45, 2.75) is 37.8 Å². The molecule has 2 rings (SSSR count). The molecule has 2 aromatic carbocycles. The summed E-state index contributed by atoms with van der Waals surface area (Å²) in [7, 11) is 0. The van der Waals surface area contributed by atoms with Crippen molar-refractivity contribution in [1.82, 2.24) is 10.6 Å². The number of hydrogen-bond donors (Lipinski definition) is 4. The van der Waals surface area contributed by atoms with Gasteiger partial charge in [-0.05, 0) is 41.9 Å². The molecule has 0 bridgehead atoms. The monoisotopic (exact) mass is 482 g/mol. The molecule has 2 amide bonds. The molecule has 9 heteroatoms. The van der Waals surface area contributed by atoms with Crippen LogP contribution in [0.25, 0.3) is 0 Å². The first-order valence-corrected chi connectivity index (χ1v) is 11.1. The van der Waals surface area contributed by atoms with Crippen molar-refractivity contribution in [1.29, 1.82) is 0 Å². The Labute approximate surface area is 196 Å². The number of carboxylic acids is 1. The molecule has 3 N–H and O–H groups in total. The Morgan fingerprint density at radius 1 is 0.935 bits per heavy atom. The van der Waals surface area contributed by atoms with E-state index in [0.29, 0.717) is 22.2 Å². The van der Waals surface area contributed by atoms with Gasteiger partial charge in [0.1, 0.15) is 12.1 Å². The minimum Gasteiger partial charge on any atom is -0.480 e. The van der Waals surface area contributed by atoms with E-state index in [4.69, 9.17) is 23.2 Å². The van der Waals surface area contributed by atoms with Gasteiger partial charge in [0.05, 0.1) is 10.0 Å². The third-order valence-electron chi connectivity index (χ3n) is 4.59. The van der Waals surface area contributed by atoms with Gasteiger partial charge in [-0.2, -0.15) is 12.6 Å². The number of aryl methyl sites for hydroxylation is 1. The van der Waals surface area contributed by atoms with E-state index in [-0.39, 0.29) is 25.2 Å². The van der Waals surface area contributed by atoms with Crippen LogP contribution in [0.3, 0.4) is 0 Å². The van der Waals surface area contributed by atoms with Crippen LogP contribution in [0.15, 0.2) is 48.5 Å². The van der Waals surface area contributed by atoms with Crippen molar-refractivity contribution < 1.29 is 19.5 Å². The molecule has 2 aromatic rings. The standard InChI is InChI=1S/C22H24Cl2N2O4S/c23-16-8-6-15(12-17(16)24)7-9-20(27)25-19(13-14-4-2-1-3-5-14)21(28)26-18(10-11-31)22(29)30/h1-6,8,12,18-19,31H,7,9-11,13H2,(H,25,27)(H,26,28)(H,29,30)/t18?,19-/m0/s1. The van der Waals surface area contributed by atoms with E-state index in [2.05, 4.69) is 23.3 Å². The summed E-state index contributed by atoms with van der Waals surface area (Å²) in [5.74, 6) is -1.73. The van der Waals surface area contributed by atoms with Crippen LogP contribution in [-0.2, 0) is 27.2 Å². The lowest BCUT2D eigenvalue weighted by molar-refractivity contribution is -0.142. The van der Waals surface area contributed by atoms with E-state index in [9.17, 15) is 19.5 Å². The maximum atomic E-state index is 12.8. The molecule has 0 radical (unpaired) electrons. The van der Waals surface area contributed by atoms with Crippen LogP contribution >= 0.6 is 35.8 Å². The maximum absolute atomic E-state index is 12.8. The molecule has 166 valence electrons. The maximum Gasteiger partial charge on any atom is 0.326 e. The topological polar surface area (TPSA) is 95.5 Å². The molecular weight excluding hydrogens is 459 g/mol. The van der Waals surface area contributed by atoms with Gasteiger partial charge in [0.15, 0.2) is 0 Å². The first-order chi connectivity index (χ1) is 14.8. The Morgan fingerprint density at radius 3 is 2.26 bits per heavy atom. The molecule has 6 nitrogen and oxygen atoms in total. The summed E-state index contributed by atoms with van der Waals surface area (Å²) >= 11 is 16.0. The molecule has 0 saturated heterocycles. The van der Waals surface area contributed by atoms with E-state index in [1.807, 2.05) is 30.3 Å². The molecule has 1 unspecified atom stereocenters. The Balaban J connectivity index is 2.06. The zero-order chi connectivity index (χ0) is 22.8. The lowest BCUT2D eigenvalue weighted by Crippen LogP contribution is -2.52. The van der Waals surface area contributed by atoms with Crippen LogP contribution in [0.4, 0.5) is 0 Å². The molecule has 0 aliphatic rings. The Kier molecular flexibility index (Phi) is 10.2. The van der Waals surface area contributed by atoms with Crippen LogP contribution in [0, 0.1) is 0 Å². The van der Waals surface area contributed by atoms with Crippen molar-refractivity contribution in [2.24, 2.45) is 0 Å². The van der Waals surface area contributed by atoms with E-state index >= 15 is 0 Å². The van der Waals surface area contributed by atoms with Gasteiger partial charge in [0, 0.05) is 12.8 Å². The number of nitrogens with one attached hydrogen (secondary N) is 2. The molecule has 0 heterocycles. The van der Waals surface area contributed by atoms with Gasteiger partial charge < -0.3 is 15.7 Å². The van der Waals surface area contributed by atoms with Gasteiger partial charge in [0.2, 0.25) is 11.8 Å². The largest absolute Gasteiger partial charge is 0.480 e. The fourth-order valence-electron chi connectivity index (χ4n) is 2.94. The van der Waals surface area contributed by atoms with E-state index < -0.39 is 24.0 Å². The molecule has 0 aromatic heterocycles. The van der Waals surface area contributed by atoms with Gasteiger partial charge in [-0.25, -0.2) is 4.79 Å². The minimum atomic E-state index is -1.15. The predicted octanol–water partition coefficient (Wildman–Crippen LogP) is 3.54. The summed E-state index contributed by atoms with van der Waals surface area (Å²) in [4.78, 5) is 36.7. The second-order valence-electron chi connectivity index (χ2n) is 6.97. The average Bonchev–Trinajstić information content (AvgIpc) is 2.74. The smallest absolute Gasteiger partial charge is 0.326 e. The molecule has 2 atom stereocenters. The Bertz CT molecular complexity index is 912. The normalized spacial score (nSPS) is 12.6. The summed E-state index contributed by atoms with van der Waals surface area (Å²) in [5.41, 5.74) is 1.68. The fourth-order valence-corrected chi connectivity index (χ4v) is 3.52. The zero-order valence-corrected chi connectivity index (χ0v) is 19.1. The van der Waals surface area contributed by atoms with E-state index in [0.717, 1.165) is 11.1 Å². The van der Waals surface area contributed by atoms with E-state index in [1.54, 1.807) is 18.2 Å². The lowest BCUT2D eigenvalue weighted by Gasteiger charge is -2.21. The molecule has 31 heavy (non-hydrogen) atoms. The quantitative estimate of drug-likeness (QED) is 0.368. The molecule has 0 aliphatic heterocycles. The fraction of sp³-hybridized carbons (Fsp3) is 0.318. The SMILES string of the molecule is O=C(CCc1ccc(Cl)c(Cl)c1)N[C@@H](Cc1ccccc1)C(=O)NC(CCS)C(=O)O. The number of hydrogen-bond acceptors (Lipinski definition) is 4. The zero-order valence-electron chi connectivity index (χ0n) is 16.7. The van der Waals surface area contributed by atoms with Crippen molar-refractivity contribution in [3.63, 3.8) is 0 Å². The number of carbonyl (C=O) groups is 3. The van der Waals surface area contributed by atoms with Crippen LogP contribution in [-0.4, -0.2) is 40.7 Å². The van der Waals surface area contributed by atoms with Crippen LogP contribution in [0.5, 0.6) is 0 Å². The van der Waals surface area contributed by atoms with Gasteiger partial charge in [-0.15, -0.1) is 0 Å². The van der Waals surface area contributed by atoms with Crippen molar-refractivity contribution in [2.75, 3.05) is 5.75 Å². The predicted molar refractivity (Wildman–Crippen MR) is 125 cm³/mol. The lowest BCUT2D eigenvalue weighted by atomic mass is 10.0. The first-order valence-electron chi connectivity index (χ1n) is 9.71. The number of aliphatic carboxylic acids is 1. The molecule has 0 saturated carbocycles. The number of halogens is 2. The summed E-state index contributed by atoms with van der Waals surface area (Å²) in [6.45, 7) is 0. The third kappa shape index (κ3) is 8.44. The second-order valence-corrected chi connectivity index (χ2v) is 8.23. The molecular formula is C22H24Cl2N2O4S. The highest BCUT2D eigenvalue weighted by Gasteiger charge is 2.26. The van der Waals surface area contributed by atoms with Gasteiger partial charge >= 0.3 is 5.97 Å². The van der Waals surface area contributed by atoms with Gasteiger partial charge in [0.25, 0.3) is 0 Å². The summed E-state index contributed by atoms with van der Waals surface area (Å²) in [5, 5.41) is 15.4. The molecule has 0 spiro atoms. The highest BCUT2D eigenvalue weighted by molar-refractivity contribution is 7.80. The molecule has 0 aliphatic carbocycles. The highest BCUT2D eigenvalue weighted by Crippen LogP contribution is 2.23. The summed E-state index contributed by atoms with van der Waals surface area (Å²) in [6, 6.07) is 12.3. The molecule has 0 fully saturated rings. The number of rotatable bonds is 11. The van der Waals surface area contributed by atoms with Gasteiger partial charge in [-0.3, -0.25) is 9.59 Å². The third-order valence-corrected chi connectivity index (χ3v) is 5.59. The van der Waals surface area contributed by atoms with Crippen LogP contribution in [0.1, 0.15) is 24.0 Å². The van der Waals surface area contributed by atoms with Gasteiger partial charge in [-0.1, -0.05) is 59.6 Å². The average molecular weight is 483 g/mol. The van der Waals surface area contributed by atoms with Crippen molar-refractivity contribution >= 4 is 53.6 Å².